The van der Waals surface area contributed by atoms with Crippen molar-refractivity contribution in [3.8, 4) is 0 Å². The SMILES string of the molecule is CCC(N)C=C(C)C(=O)OC. The van der Waals surface area contributed by atoms with Crippen molar-refractivity contribution < 1.29 is 9.53 Å². The van der Waals surface area contributed by atoms with Gasteiger partial charge in [-0.1, -0.05) is 13.0 Å². The second-order valence-corrected chi connectivity index (χ2v) is 2.41. The van der Waals surface area contributed by atoms with Crippen LogP contribution in [0.3, 0.4) is 0 Å². The van der Waals surface area contributed by atoms with Crippen LogP contribution in [0.2, 0.25) is 0 Å². The van der Waals surface area contributed by atoms with Crippen molar-refractivity contribution in [1.82, 2.24) is 0 Å². The average molecular weight is 157 g/mol. The van der Waals surface area contributed by atoms with Gasteiger partial charge in [-0.15, -0.1) is 0 Å². The van der Waals surface area contributed by atoms with Crippen LogP contribution in [0.15, 0.2) is 11.6 Å². The number of ether oxygens (including phenoxy) is 1. The number of esters is 1. The molecular formula is C8H15NO2. The predicted molar refractivity (Wildman–Crippen MR) is 44.0 cm³/mol. The summed E-state index contributed by atoms with van der Waals surface area (Å²) in [5.41, 5.74) is 6.15. The molecule has 64 valence electrons. The Morgan fingerprint density at radius 3 is 2.64 bits per heavy atom. The molecule has 2 N–H and O–H groups in total. The molecule has 0 fully saturated rings. The highest BCUT2D eigenvalue weighted by Gasteiger charge is 2.03. The van der Waals surface area contributed by atoms with E-state index in [0.717, 1.165) is 6.42 Å². The molecule has 0 aliphatic heterocycles. The summed E-state index contributed by atoms with van der Waals surface area (Å²) in [4.78, 5) is 10.8. The first-order chi connectivity index (χ1) is 5.11. The Bertz CT molecular complexity index is 163. The zero-order chi connectivity index (χ0) is 8.85. The Balaban J connectivity index is 4.09. The highest BCUT2D eigenvalue weighted by Crippen LogP contribution is 1.98. The van der Waals surface area contributed by atoms with E-state index in [4.69, 9.17) is 5.73 Å². The number of nitrogens with two attached hydrogens (primary N) is 1. The molecule has 0 aromatic rings. The van der Waals surface area contributed by atoms with Crippen molar-refractivity contribution in [2.24, 2.45) is 5.73 Å². The summed E-state index contributed by atoms with van der Waals surface area (Å²) < 4.78 is 4.49. The van der Waals surface area contributed by atoms with E-state index < -0.39 is 0 Å². The first-order valence-corrected chi connectivity index (χ1v) is 3.64. The highest BCUT2D eigenvalue weighted by atomic mass is 16.5. The molecule has 3 nitrogen and oxygen atoms in total. The maximum absolute atomic E-state index is 10.8. The van der Waals surface area contributed by atoms with Gasteiger partial charge in [0.1, 0.15) is 0 Å². The number of hydrogen-bond acceptors (Lipinski definition) is 3. The van der Waals surface area contributed by atoms with Crippen LogP contribution in [-0.4, -0.2) is 19.1 Å². The number of carbonyl (C=O) groups excluding carboxylic acids is 1. The van der Waals surface area contributed by atoms with Crippen LogP contribution in [0.1, 0.15) is 20.3 Å². The van der Waals surface area contributed by atoms with Crippen LogP contribution >= 0.6 is 0 Å². The lowest BCUT2D eigenvalue weighted by molar-refractivity contribution is -0.136. The first kappa shape index (κ1) is 10.2. The fourth-order valence-electron chi connectivity index (χ4n) is 0.668. The Morgan fingerprint density at radius 2 is 2.27 bits per heavy atom. The Labute approximate surface area is 67.2 Å². The lowest BCUT2D eigenvalue weighted by Crippen LogP contribution is -2.17. The standard InChI is InChI=1S/C8H15NO2/c1-4-7(9)5-6(2)8(10)11-3/h5,7H,4,9H2,1-3H3. The largest absolute Gasteiger partial charge is 0.466 e. The van der Waals surface area contributed by atoms with Gasteiger partial charge in [0.2, 0.25) is 0 Å². The molecule has 1 atom stereocenters. The molecule has 11 heavy (non-hydrogen) atoms. The van der Waals surface area contributed by atoms with Gasteiger partial charge < -0.3 is 10.5 Å². The van der Waals surface area contributed by atoms with Crippen LogP contribution in [0.4, 0.5) is 0 Å². The number of rotatable bonds is 3. The van der Waals surface area contributed by atoms with Crippen LogP contribution in [0, 0.1) is 0 Å². The molecule has 0 aliphatic carbocycles. The molecule has 0 spiro atoms. The second kappa shape index (κ2) is 4.91. The van der Waals surface area contributed by atoms with Crippen molar-refractivity contribution in [3.05, 3.63) is 11.6 Å². The van der Waals surface area contributed by atoms with Gasteiger partial charge in [0, 0.05) is 11.6 Å². The third-order valence-corrected chi connectivity index (χ3v) is 1.44. The van der Waals surface area contributed by atoms with Crippen molar-refractivity contribution >= 4 is 5.97 Å². The Hall–Kier alpha value is -0.830. The normalized spacial score (nSPS) is 14.4. The number of carbonyl (C=O) groups is 1. The number of hydrogen-bond donors (Lipinski definition) is 1. The molecule has 0 saturated heterocycles. The number of methoxy groups -OCH3 is 1. The molecule has 0 heterocycles. The summed E-state index contributed by atoms with van der Waals surface area (Å²) in [5, 5.41) is 0. The molecule has 0 aliphatic rings. The van der Waals surface area contributed by atoms with E-state index in [9.17, 15) is 4.79 Å². The molecule has 1 unspecified atom stereocenters. The maximum atomic E-state index is 10.8. The quantitative estimate of drug-likeness (QED) is 0.488. The highest BCUT2D eigenvalue weighted by molar-refractivity contribution is 5.87. The van der Waals surface area contributed by atoms with E-state index in [-0.39, 0.29) is 12.0 Å². The van der Waals surface area contributed by atoms with Gasteiger partial charge >= 0.3 is 5.97 Å². The zero-order valence-corrected chi connectivity index (χ0v) is 7.26. The minimum absolute atomic E-state index is 0.0471. The van der Waals surface area contributed by atoms with Gasteiger partial charge in [0.15, 0.2) is 0 Å². The molecule has 3 heteroatoms. The average Bonchev–Trinajstić information content (AvgIpc) is 2.02. The van der Waals surface area contributed by atoms with Gasteiger partial charge in [0.25, 0.3) is 0 Å². The van der Waals surface area contributed by atoms with Crippen LogP contribution in [-0.2, 0) is 9.53 Å². The van der Waals surface area contributed by atoms with Gasteiger partial charge in [-0.2, -0.15) is 0 Å². The maximum Gasteiger partial charge on any atom is 0.333 e. The monoisotopic (exact) mass is 157 g/mol. The molecule has 0 amide bonds. The Morgan fingerprint density at radius 1 is 1.73 bits per heavy atom. The molecule has 0 aromatic carbocycles. The Kier molecular flexibility index (Phi) is 4.54. The lowest BCUT2D eigenvalue weighted by Gasteiger charge is -2.03. The summed E-state index contributed by atoms with van der Waals surface area (Å²) in [7, 11) is 1.36. The summed E-state index contributed by atoms with van der Waals surface area (Å²) in [6.07, 6.45) is 2.54. The molecule has 0 bridgehead atoms. The van der Waals surface area contributed by atoms with Crippen LogP contribution in [0.5, 0.6) is 0 Å². The molecule has 0 aromatic heterocycles. The fraction of sp³-hybridized carbons (Fsp3) is 0.625. The molecule has 0 rings (SSSR count). The molecular weight excluding hydrogens is 142 g/mol. The van der Waals surface area contributed by atoms with Crippen molar-refractivity contribution in [3.63, 3.8) is 0 Å². The minimum Gasteiger partial charge on any atom is -0.466 e. The van der Waals surface area contributed by atoms with E-state index >= 15 is 0 Å². The van der Waals surface area contributed by atoms with E-state index in [0.29, 0.717) is 5.57 Å². The van der Waals surface area contributed by atoms with E-state index in [1.165, 1.54) is 7.11 Å². The van der Waals surface area contributed by atoms with Crippen LogP contribution in [0.25, 0.3) is 0 Å². The molecule has 0 saturated carbocycles. The van der Waals surface area contributed by atoms with Crippen molar-refractivity contribution in [1.29, 1.82) is 0 Å². The summed E-state index contributed by atoms with van der Waals surface area (Å²) >= 11 is 0. The lowest BCUT2D eigenvalue weighted by atomic mass is 10.1. The van der Waals surface area contributed by atoms with E-state index in [2.05, 4.69) is 4.74 Å². The van der Waals surface area contributed by atoms with E-state index in [1.807, 2.05) is 6.92 Å². The van der Waals surface area contributed by atoms with Gasteiger partial charge in [-0.3, -0.25) is 0 Å². The van der Waals surface area contributed by atoms with E-state index in [1.54, 1.807) is 13.0 Å². The van der Waals surface area contributed by atoms with Gasteiger partial charge in [0.05, 0.1) is 7.11 Å². The summed E-state index contributed by atoms with van der Waals surface area (Å²) in [6, 6.07) is -0.0471. The van der Waals surface area contributed by atoms with Crippen molar-refractivity contribution in [2.75, 3.05) is 7.11 Å². The summed E-state index contributed by atoms with van der Waals surface area (Å²) in [6.45, 7) is 3.66. The van der Waals surface area contributed by atoms with Crippen molar-refractivity contribution in [2.45, 2.75) is 26.3 Å². The fourth-order valence-corrected chi connectivity index (χ4v) is 0.668. The van der Waals surface area contributed by atoms with Gasteiger partial charge in [-0.25, -0.2) is 4.79 Å². The third-order valence-electron chi connectivity index (χ3n) is 1.44. The van der Waals surface area contributed by atoms with Gasteiger partial charge in [-0.05, 0) is 13.3 Å². The third kappa shape index (κ3) is 3.78. The first-order valence-electron chi connectivity index (χ1n) is 3.64. The minimum atomic E-state index is -0.311. The summed E-state index contributed by atoms with van der Waals surface area (Å²) in [5.74, 6) is -0.311. The zero-order valence-electron chi connectivity index (χ0n) is 7.26. The predicted octanol–water partition coefficient (Wildman–Crippen LogP) is 0.843. The topological polar surface area (TPSA) is 52.3 Å². The van der Waals surface area contributed by atoms with Crippen LogP contribution < -0.4 is 5.73 Å². The molecule has 0 radical (unpaired) electrons. The smallest absolute Gasteiger partial charge is 0.333 e. The second-order valence-electron chi connectivity index (χ2n) is 2.41.